The highest BCUT2D eigenvalue weighted by molar-refractivity contribution is 9.10. The first-order chi connectivity index (χ1) is 6.97. The molecule has 15 heavy (non-hydrogen) atoms. The minimum Gasteiger partial charge on any atom is -0.312 e. The van der Waals surface area contributed by atoms with Gasteiger partial charge in [-0.15, -0.1) is 0 Å². The van der Waals surface area contributed by atoms with E-state index in [2.05, 4.69) is 15.9 Å². The van der Waals surface area contributed by atoms with E-state index in [0.29, 0.717) is 5.56 Å². The summed E-state index contributed by atoms with van der Waals surface area (Å²) in [5, 5.41) is 0. The molecule has 80 valence electrons. The van der Waals surface area contributed by atoms with E-state index in [1.165, 1.54) is 0 Å². The smallest absolute Gasteiger partial charge is 0.154 e. The van der Waals surface area contributed by atoms with Gasteiger partial charge in [-0.1, -0.05) is 28.1 Å². The maximum Gasteiger partial charge on any atom is 0.154 e. The molecule has 2 nitrogen and oxygen atoms in total. The molecule has 0 aliphatic rings. The summed E-state index contributed by atoms with van der Waals surface area (Å²) in [5.41, 5.74) is 0.663. The summed E-state index contributed by atoms with van der Waals surface area (Å²) in [6.07, 6.45) is 0.0711. The number of rotatable bonds is 2. The lowest BCUT2D eigenvalue weighted by molar-refractivity contribution is 0.101. The van der Waals surface area contributed by atoms with Gasteiger partial charge in [-0.2, -0.15) is 0 Å². The zero-order valence-corrected chi connectivity index (χ0v) is 10.9. The Hall–Kier alpha value is -0.605. The van der Waals surface area contributed by atoms with Crippen molar-refractivity contribution in [3.63, 3.8) is 0 Å². The maximum absolute atomic E-state index is 11.0. The second-order valence-corrected chi connectivity index (χ2v) is 4.39. The van der Waals surface area contributed by atoms with Crippen LogP contribution in [0.3, 0.4) is 0 Å². The number of benzene rings is 1. The van der Waals surface area contributed by atoms with E-state index in [4.69, 9.17) is 7.85 Å². The predicted octanol–water partition coefficient (Wildman–Crippen LogP) is 2.40. The second kappa shape index (κ2) is 7.66. The third kappa shape index (κ3) is 7.34. The van der Waals surface area contributed by atoms with Gasteiger partial charge in [0.2, 0.25) is 0 Å². The molecule has 1 aromatic rings. The lowest BCUT2D eigenvalue weighted by Gasteiger charge is -1.96. The van der Waals surface area contributed by atoms with Crippen LogP contribution in [0.15, 0.2) is 28.7 Å². The van der Waals surface area contributed by atoms with Gasteiger partial charge in [0, 0.05) is 10.0 Å². The zero-order valence-electron chi connectivity index (χ0n) is 9.33. The van der Waals surface area contributed by atoms with Gasteiger partial charge in [-0.05, 0) is 39.6 Å². The largest absolute Gasteiger partial charge is 0.312 e. The molecule has 0 bridgehead atoms. The SMILES string of the molecule is CN(C)C.[B]CC(=O)c1ccc(Br)cc1. The molecule has 0 atom stereocenters. The van der Waals surface area contributed by atoms with E-state index in [1.54, 1.807) is 12.1 Å². The van der Waals surface area contributed by atoms with Gasteiger partial charge in [-0.3, -0.25) is 4.79 Å². The van der Waals surface area contributed by atoms with Crippen molar-refractivity contribution < 1.29 is 4.79 Å². The van der Waals surface area contributed by atoms with Crippen LogP contribution in [-0.2, 0) is 0 Å². The van der Waals surface area contributed by atoms with Gasteiger partial charge >= 0.3 is 0 Å². The number of ketones is 1. The molecule has 0 N–H and O–H groups in total. The van der Waals surface area contributed by atoms with E-state index < -0.39 is 0 Å². The van der Waals surface area contributed by atoms with Crippen molar-refractivity contribution in [2.24, 2.45) is 0 Å². The van der Waals surface area contributed by atoms with Crippen LogP contribution in [0.4, 0.5) is 0 Å². The van der Waals surface area contributed by atoms with Crippen molar-refractivity contribution in [2.75, 3.05) is 21.1 Å². The Morgan fingerprint density at radius 1 is 1.27 bits per heavy atom. The van der Waals surface area contributed by atoms with Crippen LogP contribution in [-0.4, -0.2) is 39.7 Å². The molecular weight excluding hydrogens is 253 g/mol. The average molecular weight is 268 g/mol. The fraction of sp³-hybridized carbons (Fsp3) is 0.364. The van der Waals surface area contributed by atoms with E-state index in [0.717, 1.165) is 4.47 Å². The number of nitrogens with zero attached hydrogens (tertiary/aromatic N) is 1. The number of carbonyl (C=O) groups excluding carboxylic acids is 1. The minimum absolute atomic E-state index is 0.0301. The first kappa shape index (κ1) is 14.4. The molecule has 0 amide bonds. The number of carbonyl (C=O) groups is 1. The Labute approximate surface area is 101 Å². The Morgan fingerprint density at radius 2 is 1.67 bits per heavy atom. The van der Waals surface area contributed by atoms with Gasteiger partial charge in [0.1, 0.15) is 0 Å². The molecule has 0 heterocycles. The molecule has 0 aromatic heterocycles. The average Bonchev–Trinajstić information content (AvgIpc) is 2.17. The summed E-state index contributed by atoms with van der Waals surface area (Å²) >= 11 is 3.27. The molecule has 0 spiro atoms. The van der Waals surface area contributed by atoms with Crippen molar-refractivity contribution in [3.05, 3.63) is 34.3 Å². The monoisotopic (exact) mass is 267 g/mol. The third-order valence-corrected chi connectivity index (χ3v) is 1.88. The summed E-state index contributed by atoms with van der Waals surface area (Å²) in [5.74, 6) is -0.0301. The zero-order chi connectivity index (χ0) is 11.8. The topological polar surface area (TPSA) is 20.3 Å². The number of Topliss-reactive ketones (excluding diaryl/α,β-unsaturated/α-hetero) is 1. The van der Waals surface area contributed by atoms with Crippen LogP contribution in [0.2, 0.25) is 6.32 Å². The standard InChI is InChI=1S/C8H6BBrO.C3H9N/c9-5-8(11)6-1-3-7(10)4-2-6;1-4(2)3/h1-4H,5H2;1-3H3. The first-order valence-electron chi connectivity index (χ1n) is 4.57. The van der Waals surface area contributed by atoms with Crippen LogP contribution in [0, 0.1) is 0 Å². The van der Waals surface area contributed by atoms with Crippen LogP contribution < -0.4 is 0 Å². The maximum atomic E-state index is 11.0. The van der Waals surface area contributed by atoms with Crippen molar-refractivity contribution in [3.8, 4) is 0 Å². The summed E-state index contributed by atoms with van der Waals surface area (Å²) in [6, 6.07) is 7.14. The molecule has 0 fully saturated rings. The van der Waals surface area contributed by atoms with Crippen LogP contribution in [0.25, 0.3) is 0 Å². The van der Waals surface area contributed by atoms with Gasteiger partial charge in [0.05, 0.1) is 7.85 Å². The molecule has 1 rings (SSSR count). The van der Waals surface area contributed by atoms with E-state index in [9.17, 15) is 4.79 Å². The minimum atomic E-state index is -0.0301. The van der Waals surface area contributed by atoms with Crippen LogP contribution in [0.1, 0.15) is 10.4 Å². The van der Waals surface area contributed by atoms with Gasteiger partial charge < -0.3 is 4.90 Å². The summed E-state index contributed by atoms with van der Waals surface area (Å²) in [6.45, 7) is 0. The Bertz CT molecular complexity index is 295. The molecular formula is C11H15BBrNO. The summed E-state index contributed by atoms with van der Waals surface area (Å²) < 4.78 is 0.964. The molecule has 0 saturated heterocycles. The third-order valence-electron chi connectivity index (χ3n) is 1.35. The fourth-order valence-electron chi connectivity index (χ4n) is 0.754. The molecule has 4 heteroatoms. The van der Waals surface area contributed by atoms with Crippen LogP contribution >= 0.6 is 15.9 Å². The molecule has 0 aliphatic heterocycles. The quantitative estimate of drug-likeness (QED) is 0.606. The van der Waals surface area contributed by atoms with Gasteiger partial charge in [0.15, 0.2) is 5.78 Å². The summed E-state index contributed by atoms with van der Waals surface area (Å²) in [4.78, 5) is 13.0. The Kier molecular flexibility index (Phi) is 7.35. The number of hydrogen-bond donors (Lipinski definition) is 0. The highest BCUT2D eigenvalue weighted by atomic mass is 79.9. The summed E-state index contributed by atoms with van der Waals surface area (Å²) in [7, 11) is 11.2. The van der Waals surface area contributed by atoms with Crippen molar-refractivity contribution in [1.82, 2.24) is 4.90 Å². The molecule has 0 aliphatic carbocycles. The fourth-order valence-corrected chi connectivity index (χ4v) is 1.02. The van der Waals surface area contributed by atoms with Crippen molar-refractivity contribution >= 4 is 29.6 Å². The van der Waals surface area contributed by atoms with Crippen molar-refractivity contribution in [1.29, 1.82) is 0 Å². The number of halogens is 1. The van der Waals surface area contributed by atoms with Crippen LogP contribution in [0.5, 0.6) is 0 Å². The second-order valence-electron chi connectivity index (χ2n) is 3.48. The van der Waals surface area contributed by atoms with Crippen molar-refractivity contribution in [2.45, 2.75) is 6.32 Å². The highest BCUT2D eigenvalue weighted by Gasteiger charge is 2.00. The number of hydrogen-bond acceptors (Lipinski definition) is 2. The van der Waals surface area contributed by atoms with E-state index in [1.807, 2.05) is 38.2 Å². The highest BCUT2D eigenvalue weighted by Crippen LogP contribution is 2.11. The lowest BCUT2D eigenvalue weighted by atomic mass is 9.96. The van der Waals surface area contributed by atoms with Gasteiger partial charge in [0.25, 0.3) is 0 Å². The van der Waals surface area contributed by atoms with E-state index >= 15 is 0 Å². The molecule has 0 saturated carbocycles. The first-order valence-corrected chi connectivity index (χ1v) is 5.36. The lowest BCUT2D eigenvalue weighted by Crippen LogP contribution is -1.99. The Morgan fingerprint density at radius 3 is 2.00 bits per heavy atom. The predicted molar refractivity (Wildman–Crippen MR) is 68.6 cm³/mol. The molecule has 1 aromatic carbocycles. The normalized spacial score (nSPS) is 9.40. The Balaban J connectivity index is 0.000000423. The molecule has 2 radical (unpaired) electrons. The van der Waals surface area contributed by atoms with Gasteiger partial charge in [-0.25, -0.2) is 0 Å². The molecule has 0 unspecified atom stereocenters. The van der Waals surface area contributed by atoms with E-state index in [-0.39, 0.29) is 12.1 Å².